The molecule has 1 aromatic rings. The number of fused-ring (bicyclic) bond motifs is 1. The minimum absolute atomic E-state index is 0.973. The van der Waals surface area contributed by atoms with Gasteiger partial charge in [0.05, 0.1) is 0 Å². The van der Waals surface area contributed by atoms with Gasteiger partial charge in [0.25, 0.3) is 0 Å². The van der Waals surface area contributed by atoms with Gasteiger partial charge in [-0.05, 0) is 37.0 Å². The fourth-order valence-corrected chi connectivity index (χ4v) is 2.39. The van der Waals surface area contributed by atoms with Gasteiger partial charge < -0.3 is 4.90 Å². The number of hydrogen-bond acceptors (Lipinski definition) is 1. The molecule has 0 fully saturated rings. The highest BCUT2D eigenvalue weighted by Crippen LogP contribution is 2.35. The Morgan fingerprint density at radius 3 is 2.93 bits per heavy atom. The van der Waals surface area contributed by atoms with E-state index in [1.165, 1.54) is 23.2 Å². The lowest BCUT2D eigenvalue weighted by atomic mass is 10.1. The highest BCUT2D eigenvalue weighted by atomic mass is 35.5. The van der Waals surface area contributed by atoms with E-state index in [2.05, 4.69) is 30.9 Å². The van der Waals surface area contributed by atoms with Gasteiger partial charge in [-0.2, -0.15) is 0 Å². The summed E-state index contributed by atoms with van der Waals surface area (Å²) in [6.07, 6.45) is 2.31. The van der Waals surface area contributed by atoms with Crippen LogP contribution in [0, 0.1) is 6.92 Å². The van der Waals surface area contributed by atoms with E-state index in [9.17, 15) is 0 Å². The van der Waals surface area contributed by atoms with Crippen molar-refractivity contribution in [1.82, 2.24) is 0 Å². The van der Waals surface area contributed by atoms with E-state index in [-0.39, 0.29) is 0 Å². The molecule has 2 rings (SSSR count). The lowest BCUT2D eigenvalue weighted by Crippen LogP contribution is -2.20. The van der Waals surface area contributed by atoms with Gasteiger partial charge in [-0.3, -0.25) is 0 Å². The fourth-order valence-electron chi connectivity index (χ4n) is 2.13. The summed E-state index contributed by atoms with van der Waals surface area (Å²) in [7, 11) is 0. The van der Waals surface area contributed by atoms with E-state index in [4.69, 9.17) is 11.6 Å². The Labute approximate surface area is 90.7 Å². The molecule has 0 aliphatic carbocycles. The van der Waals surface area contributed by atoms with Crippen LogP contribution in [0.4, 0.5) is 5.69 Å². The molecule has 0 N–H and O–H groups in total. The summed E-state index contributed by atoms with van der Waals surface area (Å²) in [6.45, 7) is 6.57. The van der Waals surface area contributed by atoms with Crippen molar-refractivity contribution in [3.8, 4) is 0 Å². The van der Waals surface area contributed by atoms with Gasteiger partial charge in [-0.25, -0.2) is 0 Å². The van der Waals surface area contributed by atoms with E-state index in [0.717, 1.165) is 24.5 Å². The van der Waals surface area contributed by atoms with Crippen LogP contribution in [0.5, 0.6) is 0 Å². The summed E-state index contributed by atoms with van der Waals surface area (Å²) >= 11 is 6.28. The van der Waals surface area contributed by atoms with Crippen LogP contribution in [-0.2, 0) is 6.42 Å². The van der Waals surface area contributed by atoms with Crippen LogP contribution in [0.25, 0.3) is 0 Å². The Kier molecular flexibility index (Phi) is 2.69. The summed E-state index contributed by atoms with van der Waals surface area (Å²) in [6, 6.07) is 4.33. The summed E-state index contributed by atoms with van der Waals surface area (Å²) in [5.41, 5.74) is 3.89. The number of rotatable bonds is 2. The van der Waals surface area contributed by atoms with Crippen LogP contribution in [0.1, 0.15) is 24.5 Å². The first kappa shape index (κ1) is 9.85. The summed E-state index contributed by atoms with van der Waals surface area (Å²) in [5, 5.41) is 0.973. The second kappa shape index (κ2) is 3.82. The van der Waals surface area contributed by atoms with Crippen LogP contribution in [0.3, 0.4) is 0 Å². The molecule has 1 aliphatic heterocycles. The molecular weight excluding hydrogens is 194 g/mol. The molecule has 0 saturated carbocycles. The Morgan fingerprint density at radius 2 is 2.21 bits per heavy atom. The van der Waals surface area contributed by atoms with Crippen molar-refractivity contribution in [2.45, 2.75) is 26.7 Å². The van der Waals surface area contributed by atoms with Gasteiger partial charge in [0.2, 0.25) is 0 Å². The maximum atomic E-state index is 6.28. The van der Waals surface area contributed by atoms with Crippen molar-refractivity contribution in [3.63, 3.8) is 0 Å². The van der Waals surface area contributed by atoms with Gasteiger partial charge in [-0.15, -0.1) is 0 Å². The first-order valence-electron chi connectivity index (χ1n) is 5.27. The molecule has 14 heavy (non-hydrogen) atoms. The molecule has 1 nitrogen and oxygen atoms in total. The minimum atomic E-state index is 0.973. The molecule has 76 valence electrons. The van der Waals surface area contributed by atoms with Crippen molar-refractivity contribution in [1.29, 1.82) is 0 Å². The molecule has 0 bridgehead atoms. The minimum Gasteiger partial charge on any atom is -0.371 e. The molecule has 0 atom stereocenters. The van der Waals surface area contributed by atoms with E-state index in [1.807, 2.05) is 0 Å². The largest absolute Gasteiger partial charge is 0.371 e. The Hall–Kier alpha value is -0.690. The monoisotopic (exact) mass is 209 g/mol. The smallest absolute Gasteiger partial charge is 0.0488 e. The summed E-state index contributed by atoms with van der Waals surface area (Å²) in [5.74, 6) is 0. The zero-order valence-corrected chi connectivity index (χ0v) is 9.56. The molecule has 0 unspecified atom stereocenters. The lowest BCUT2D eigenvalue weighted by Gasteiger charge is -2.18. The van der Waals surface area contributed by atoms with Crippen LogP contribution >= 0.6 is 11.6 Å². The molecular formula is C12H16ClN. The van der Waals surface area contributed by atoms with Crippen molar-refractivity contribution in [2.24, 2.45) is 0 Å². The summed E-state index contributed by atoms with van der Waals surface area (Å²) < 4.78 is 0. The quantitative estimate of drug-likeness (QED) is 0.722. The first-order valence-corrected chi connectivity index (χ1v) is 5.64. The molecule has 1 aromatic carbocycles. The van der Waals surface area contributed by atoms with Gasteiger partial charge in [0.15, 0.2) is 0 Å². The molecule has 0 aromatic heterocycles. The number of benzene rings is 1. The standard InChI is InChI=1S/C12H16ClN/c1-3-7-14-8-6-10-11(14)5-4-9(2)12(10)13/h4-5H,3,6-8H2,1-2H3. The molecule has 0 amide bonds. The number of aryl methyl sites for hydroxylation is 1. The number of anilines is 1. The van der Waals surface area contributed by atoms with Gasteiger partial charge in [-0.1, -0.05) is 24.6 Å². The highest BCUT2D eigenvalue weighted by Gasteiger charge is 2.21. The average molecular weight is 210 g/mol. The Morgan fingerprint density at radius 1 is 1.43 bits per heavy atom. The molecule has 2 heteroatoms. The lowest BCUT2D eigenvalue weighted by molar-refractivity contribution is 0.796. The third kappa shape index (κ3) is 1.50. The van der Waals surface area contributed by atoms with E-state index < -0.39 is 0 Å². The number of hydrogen-bond donors (Lipinski definition) is 0. The molecule has 1 aliphatic rings. The SMILES string of the molecule is CCCN1CCc2c1ccc(C)c2Cl. The van der Waals surface area contributed by atoms with E-state index >= 15 is 0 Å². The van der Waals surface area contributed by atoms with Crippen LogP contribution in [0.15, 0.2) is 12.1 Å². The van der Waals surface area contributed by atoms with Crippen LogP contribution < -0.4 is 4.90 Å². The number of nitrogens with zero attached hydrogens (tertiary/aromatic N) is 1. The zero-order chi connectivity index (χ0) is 10.1. The predicted molar refractivity (Wildman–Crippen MR) is 62.4 cm³/mol. The van der Waals surface area contributed by atoms with Crippen molar-refractivity contribution in [2.75, 3.05) is 18.0 Å². The van der Waals surface area contributed by atoms with Gasteiger partial charge >= 0.3 is 0 Å². The van der Waals surface area contributed by atoms with Crippen molar-refractivity contribution in [3.05, 3.63) is 28.3 Å². The average Bonchev–Trinajstić information content (AvgIpc) is 2.57. The van der Waals surface area contributed by atoms with Crippen molar-refractivity contribution < 1.29 is 0 Å². The Bertz CT molecular complexity index is 346. The summed E-state index contributed by atoms with van der Waals surface area (Å²) in [4.78, 5) is 2.43. The molecule has 0 saturated heterocycles. The first-order chi connectivity index (χ1) is 6.74. The topological polar surface area (TPSA) is 3.24 Å². The van der Waals surface area contributed by atoms with Crippen LogP contribution in [-0.4, -0.2) is 13.1 Å². The van der Waals surface area contributed by atoms with E-state index in [1.54, 1.807) is 0 Å². The third-order valence-corrected chi connectivity index (χ3v) is 3.40. The maximum absolute atomic E-state index is 6.28. The predicted octanol–water partition coefficient (Wildman–Crippen LogP) is 3.42. The normalized spacial score (nSPS) is 14.6. The maximum Gasteiger partial charge on any atom is 0.0488 e. The van der Waals surface area contributed by atoms with Crippen LogP contribution in [0.2, 0.25) is 5.02 Å². The fraction of sp³-hybridized carbons (Fsp3) is 0.500. The molecule has 1 heterocycles. The molecule has 0 spiro atoms. The number of halogens is 1. The third-order valence-electron chi connectivity index (χ3n) is 2.88. The van der Waals surface area contributed by atoms with Crippen molar-refractivity contribution >= 4 is 17.3 Å². The highest BCUT2D eigenvalue weighted by molar-refractivity contribution is 6.32. The Balaban J connectivity index is 2.37. The molecule has 0 radical (unpaired) electrons. The van der Waals surface area contributed by atoms with Gasteiger partial charge in [0.1, 0.15) is 0 Å². The van der Waals surface area contributed by atoms with E-state index in [0.29, 0.717) is 0 Å². The van der Waals surface area contributed by atoms with Gasteiger partial charge in [0, 0.05) is 23.8 Å². The zero-order valence-electron chi connectivity index (χ0n) is 8.81. The second-order valence-corrected chi connectivity index (χ2v) is 4.31. The second-order valence-electron chi connectivity index (χ2n) is 3.93.